The van der Waals surface area contributed by atoms with E-state index in [2.05, 4.69) is 45.5 Å². The third-order valence-corrected chi connectivity index (χ3v) is 4.91. The van der Waals surface area contributed by atoms with Crippen LogP contribution in [0.4, 0.5) is 11.4 Å². The van der Waals surface area contributed by atoms with E-state index >= 15 is 0 Å². The second-order valence-electron chi connectivity index (χ2n) is 6.89. The zero-order valence-electron chi connectivity index (χ0n) is 16.2. The molecule has 1 aliphatic heterocycles. The third kappa shape index (κ3) is 4.89. The van der Waals surface area contributed by atoms with Crippen LogP contribution in [0.2, 0.25) is 0 Å². The van der Waals surface area contributed by atoms with Crippen LogP contribution < -0.4 is 10.2 Å². The number of nitrogens with one attached hydrogen (secondary N) is 1. The molecule has 1 aliphatic rings. The van der Waals surface area contributed by atoms with Crippen LogP contribution in [0.25, 0.3) is 11.3 Å². The van der Waals surface area contributed by atoms with Crippen LogP contribution in [0.1, 0.15) is 11.4 Å². The summed E-state index contributed by atoms with van der Waals surface area (Å²) < 4.78 is 5.42. The molecule has 0 unspecified atom stereocenters. The number of hydrogen-bond donors (Lipinski definition) is 1. The molecule has 0 amide bonds. The lowest BCUT2D eigenvalue weighted by molar-refractivity contribution is 0.122. The Labute approximate surface area is 170 Å². The summed E-state index contributed by atoms with van der Waals surface area (Å²) in [6.45, 7) is 3.73. The van der Waals surface area contributed by atoms with Gasteiger partial charge < -0.3 is 15.0 Å². The van der Waals surface area contributed by atoms with Crippen LogP contribution in [0, 0.1) is 11.3 Å². The number of nitriles is 1. The van der Waals surface area contributed by atoms with E-state index in [0.29, 0.717) is 6.42 Å². The van der Waals surface area contributed by atoms with Crippen molar-refractivity contribution in [2.24, 2.45) is 0 Å². The van der Waals surface area contributed by atoms with E-state index in [1.165, 1.54) is 11.3 Å². The van der Waals surface area contributed by atoms with Crippen molar-refractivity contribution in [3.8, 4) is 17.3 Å². The van der Waals surface area contributed by atoms with E-state index in [9.17, 15) is 0 Å². The van der Waals surface area contributed by atoms with Gasteiger partial charge in [0.15, 0.2) is 0 Å². The predicted octanol–water partition coefficient (Wildman–Crippen LogP) is 3.51. The number of anilines is 2. The summed E-state index contributed by atoms with van der Waals surface area (Å²) in [4.78, 5) is 11.5. The molecular formula is C23H23N5O. The monoisotopic (exact) mass is 385 g/mol. The van der Waals surface area contributed by atoms with Gasteiger partial charge in [0.1, 0.15) is 12.4 Å². The summed E-state index contributed by atoms with van der Waals surface area (Å²) >= 11 is 0. The first-order valence-corrected chi connectivity index (χ1v) is 9.76. The first-order valence-electron chi connectivity index (χ1n) is 9.76. The Bertz CT molecular complexity index is 991. The molecule has 1 saturated heterocycles. The summed E-state index contributed by atoms with van der Waals surface area (Å²) in [5.74, 6) is 0.789. The van der Waals surface area contributed by atoms with Gasteiger partial charge in [0.25, 0.3) is 0 Å². The van der Waals surface area contributed by atoms with Gasteiger partial charge in [-0.25, -0.2) is 9.97 Å². The van der Waals surface area contributed by atoms with Crippen molar-refractivity contribution in [2.75, 3.05) is 43.1 Å². The molecule has 6 heteroatoms. The molecule has 0 radical (unpaired) electrons. The topological polar surface area (TPSA) is 74.1 Å². The van der Waals surface area contributed by atoms with Crippen molar-refractivity contribution in [1.82, 2.24) is 9.97 Å². The van der Waals surface area contributed by atoms with Crippen molar-refractivity contribution >= 4 is 11.4 Å². The Balaban J connectivity index is 1.47. The van der Waals surface area contributed by atoms with Gasteiger partial charge >= 0.3 is 0 Å². The number of nitrogens with zero attached hydrogens (tertiary/aromatic N) is 4. The van der Waals surface area contributed by atoms with Crippen LogP contribution in [0.15, 0.2) is 60.8 Å². The highest BCUT2D eigenvalue weighted by molar-refractivity contribution is 5.65. The van der Waals surface area contributed by atoms with E-state index in [1.54, 1.807) is 6.20 Å². The highest BCUT2D eigenvalue weighted by atomic mass is 16.5. The molecule has 2 heterocycles. The molecule has 2 aromatic carbocycles. The van der Waals surface area contributed by atoms with Gasteiger partial charge in [-0.1, -0.05) is 24.3 Å². The average molecular weight is 385 g/mol. The van der Waals surface area contributed by atoms with E-state index in [4.69, 9.17) is 15.0 Å². The first-order chi connectivity index (χ1) is 14.3. The number of ether oxygens (including phenoxy) is 1. The maximum atomic E-state index is 8.74. The van der Waals surface area contributed by atoms with Gasteiger partial charge in [0.05, 0.1) is 25.0 Å². The molecule has 29 heavy (non-hydrogen) atoms. The molecule has 1 N–H and O–H groups in total. The lowest BCUT2D eigenvalue weighted by atomic mass is 10.1. The standard InChI is InChI=1S/C23H23N5O/c24-9-11-25-20-3-1-2-19(17-20)22-8-10-26-23(27-22)16-18-4-6-21(7-5-18)28-12-14-29-15-13-28/h1-8,10,17,25H,11-16H2. The molecule has 146 valence electrons. The zero-order valence-corrected chi connectivity index (χ0v) is 16.2. The van der Waals surface area contributed by atoms with Crippen LogP contribution in [-0.4, -0.2) is 42.8 Å². The van der Waals surface area contributed by atoms with E-state index in [-0.39, 0.29) is 6.54 Å². The second-order valence-corrected chi connectivity index (χ2v) is 6.89. The number of hydrogen-bond acceptors (Lipinski definition) is 6. The normalized spacial score (nSPS) is 13.7. The third-order valence-electron chi connectivity index (χ3n) is 4.91. The highest BCUT2D eigenvalue weighted by Gasteiger charge is 2.11. The molecule has 0 atom stereocenters. The van der Waals surface area contributed by atoms with Crippen LogP contribution >= 0.6 is 0 Å². The Kier molecular flexibility index (Phi) is 5.98. The lowest BCUT2D eigenvalue weighted by Gasteiger charge is -2.28. The lowest BCUT2D eigenvalue weighted by Crippen LogP contribution is -2.36. The van der Waals surface area contributed by atoms with Gasteiger partial charge in [0, 0.05) is 42.6 Å². The van der Waals surface area contributed by atoms with E-state index in [1.807, 2.05) is 30.3 Å². The summed E-state index contributed by atoms with van der Waals surface area (Å²) in [7, 11) is 0. The minimum atomic E-state index is 0.277. The molecule has 1 fully saturated rings. The quantitative estimate of drug-likeness (QED) is 0.655. The van der Waals surface area contributed by atoms with E-state index < -0.39 is 0 Å². The number of benzene rings is 2. The maximum absolute atomic E-state index is 8.74. The molecule has 0 spiro atoms. The fourth-order valence-corrected chi connectivity index (χ4v) is 3.40. The van der Waals surface area contributed by atoms with Crippen LogP contribution in [0.3, 0.4) is 0 Å². The fourth-order valence-electron chi connectivity index (χ4n) is 3.40. The number of morpholine rings is 1. The first kappa shape index (κ1) is 18.9. The molecule has 6 nitrogen and oxygen atoms in total. The Morgan fingerprint density at radius 1 is 1.07 bits per heavy atom. The van der Waals surface area contributed by atoms with E-state index in [0.717, 1.165) is 49.1 Å². The minimum Gasteiger partial charge on any atom is -0.378 e. The van der Waals surface area contributed by atoms with Crippen molar-refractivity contribution in [3.05, 3.63) is 72.2 Å². The predicted molar refractivity (Wildman–Crippen MR) is 114 cm³/mol. The fraction of sp³-hybridized carbons (Fsp3) is 0.261. The van der Waals surface area contributed by atoms with Crippen LogP contribution in [0.5, 0.6) is 0 Å². The smallest absolute Gasteiger partial charge is 0.133 e. The largest absolute Gasteiger partial charge is 0.378 e. The summed E-state index contributed by atoms with van der Waals surface area (Å²) in [5.41, 5.74) is 5.19. The van der Waals surface area contributed by atoms with Gasteiger partial charge in [0.2, 0.25) is 0 Å². The Morgan fingerprint density at radius 3 is 2.69 bits per heavy atom. The molecule has 0 bridgehead atoms. The molecular weight excluding hydrogens is 362 g/mol. The summed E-state index contributed by atoms with van der Waals surface area (Å²) in [5, 5.41) is 11.8. The van der Waals surface area contributed by atoms with Crippen molar-refractivity contribution < 1.29 is 4.74 Å². The number of rotatable bonds is 6. The summed E-state index contributed by atoms with van der Waals surface area (Å²) in [6, 6.07) is 20.5. The van der Waals surface area contributed by atoms with Gasteiger partial charge in [-0.3, -0.25) is 0 Å². The van der Waals surface area contributed by atoms with Gasteiger partial charge in [-0.05, 0) is 35.9 Å². The molecule has 3 aromatic rings. The van der Waals surface area contributed by atoms with Crippen molar-refractivity contribution in [1.29, 1.82) is 5.26 Å². The second kappa shape index (κ2) is 9.18. The average Bonchev–Trinajstić information content (AvgIpc) is 2.79. The van der Waals surface area contributed by atoms with Crippen LogP contribution in [-0.2, 0) is 11.2 Å². The van der Waals surface area contributed by atoms with Crippen molar-refractivity contribution in [3.63, 3.8) is 0 Å². The minimum absolute atomic E-state index is 0.277. The zero-order chi connectivity index (χ0) is 19.9. The summed E-state index contributed by atoms with van der Waals surface area (Å²) in [6.07, 6.45) is 2.48. The molecule has 4 rings (SSSR count). The number of aromatic nitrogens is 2. The highest BCUT2D eigenvalue weighted by Crippen LogP contribution is 2.22. The maximum Gasteiger partial charge on any atom is 0.133 e. The Hall–Kier alpha value is -3.43. The van der Waals surface area contributed by atoms with Crippen molar-refractivity contribution in [2.45, 2.75) is 6.42 Å². The molecule has 1 aromatic heterocycles. The van der Waals surface area contributed by atoms with Gasteiger partial charge in [-0.15, -0.1) is 0 Å². The Morgan fingerprint density at radius 2 is 1.90 bits per heavy atom. The van der Waals surface area contributed by atoms with Gasteiger partial charge in [-0.2, -0.15) is 5.26 Å². The molecule has 0 saturated carbocycles. The SMILES string of the molecule is N#CCNc1cccc(-c2ccnc(Cc3ccc(N4CCOCC4)cc3)n2)c1. The molecule has 0 aliphatic carbocycles.